The lowest BCUT2D eigenvalue weighted by Gasteiger charge is -2.20. The van der Waals surface area contributed by atoms with Crippen molar-refractivity contribution in [2.75, 3.05) is 0 Å². The molecule has 1 rings (SSSR count). The predicted molar refractivity (Wildman–Crippen MR) is 64.7 cm³/mol. The summed E-state index contributed by atoms with van der Waals surface area (Å²) in [6, 6.07) is 4.79. The van der Waals surface area contributed by atoms with Gasteiger partial charge in [-0.15, -0.1) is 0 Å². The van der Waals surface area contributed by atoms with Gasteiger partial charge in [-0.3, -0.25) is 0 Å². The van der Waals surface area contributed by atoms with Gasteiger partial charge in [0.15, 0.2) is 0 Å². The Morgan fingerprint density at radius 2 is 2.00 bits per heavy atom. The Bertz CT molecular complexity index is 377. The molecule has 17 heavy (non-hydrogen) atoms. The van der Waals surface area contributed by atoms with Crippen LogP contribution in [-0.4, -0.2) is 12.2 Å². The third kappa shape index (κ3) is 5.33. The van der Waals surface area contributed by atoms with Gasteiger partial charge in [-0.05, 0) is 38.5 Å². The number of rotatable bonds is 4. The van der Waals surface area contributed by atoms with Crippen LogP contribution in [0.5, 0.6) is 5.75 Å². The number of ether oxygens (including phenoxy) is 1. The molecule has 0 aliphatic rings. The number of halogens is 3. The van der Waals surface area contributed by atoms with Crippen molar-refractivity contribution in [2.45, 2.75) is 39.5 Å². The first-order valence-corrected chi connectivity index (χ1v) is 5.64. The number of nitrogens with one attached hydrogen (secondary N) is 1. The summed E-state index contributed by atoms with van der Waals surface area (Å²) >= 11 is 5.84. The SMILES string of the molecule is CC(C)(C)NCc1ccc(OC(F)F)c(Cl)c1. The molecule has 0 fully saturated rings. The van der Waals surface area contributed by atoms with Crippen molar-refractivity contribution < 1.29 is 13.5 Å². The lowest BCUT2D eigenvalue weighted by atomic mass is 10.1. The van der Waals surface area contributed by atoms with Gasteiger partial charge in [0.25, 0.3) is 0 Å². The third-order valence-electron chi connectivity index (χ3n) is 2.04. The summed E-state index contributed by atoms with van der Waals surface area (Å²) < 4.78 is 28.3. The van der Waals surface area contributed by atoms with Crippen molar-refractivity contribution in [1.82, 2.24) is 5.32 Å². The summed E-state index contributed by atoms with van der Waals surface area (Å²) in [5, 5.41) is 3.47. The fraction of sp³-hybridized carbons (Fsp3) is 0.500. The van der Waals surface area contributed by atoms with E-state index in [9.17, 15) is 8.78 Å². The van der Waals surface area contributed by atoms with Crippen LogP contribution in [0.25, 0.3) is 0 Å². The maximum Gasteiger partial charge on any atom is 0.387 e. The van der Waals surface area contributed by atoms with E-state index in [1.807, 2.05) is 20.8 Å². The molecule has 5 heteroatoms. The zero-order valence-electron chi connectivity index (χ0n) is 10.1. The van der Waals surface area contributed by atoms with Gasteiger partial charge in [0, 0.05) is 12.1 Å². The molecular weight excluding hydrogens is 248 g/mol. The van der Waals surface area contributed by atoms with Crippen LogP contribution < -0.4 is 10.1 Å². The van der Waals surface area contributed by atoms with E-state index in [2.05, 4.69) is 10.1 Å². The van der Waals surface area contributed by atoms with E-state index < -0.39 is 6.61 Å². The van der Waals surface area contributed by atoms with Crippen LogP contribution in [0.15, 0.2) is 18.2 Å². The lowest BCUT2D eigenvalue weighted by molar-refractivity contribution is -0.0497. The van der Waals surface area contributed by atoms with Gasteiger partial charge < -0.3 is 10.1 Å². The number of alkyl halides is 2. The van der Waals surface area contributed by atoms with E-state index in [0.29, 0.717) is 6.54 Å². The highest BCUT2D eigenvalue weighted by atomic mass is 35.5. The summed E-state index contributed by atoms with van der Waals surface area (Å²) in [5.41, 5.74) is 0.913. The molecule has 0 aliphatic heterocycles. The van der Waals surface area contributed by atoms with Gasteiger partial charge in [-0.2, -0.15) is 8.78 Å². The van der Waals surface area contributed by atoms with E-state index in [4.69, 9.17) is 11.6 Å². The molecule has 0 aromatic heterocycles. The molecule has 1 aromatic rings. The molecule has 1 aromatic carbocycles. The van der Waals surface area contributed by atoms with Crippen LogP contribution in [-0.2, 0) is 6.54 Å². The average molecular weight is 264 g/mol. The summed E-state index contributed by atoms with van der Waals surface area (Å²) in [6.07, 6.45) is 0. The second-order valence-corrected chi connectivity index (χ2v) is 5.15. The van der Waals surface area contributed by atoms with Gasteiger partial charge in [-0.25, -0.2) is 0 Å². The lowest BCUT2D eigenvalue weighted by Crippen LogP contribution is -2.35. The highest BCUT2D eigenvalue weighted by Gasteiger charge is 2.11. The standard InChI is InChI=1S/C12H16ClF2NO/c1-12(2,3)16-7-8-4-5-10(9(13)6-8)17-11(14)15/h4-6,11,16H,7H2,1-3H3. The Balaban J connectivity index is 2.68. The Kier molecular flexibility index (Phi) is 4.71. The first-order valence-electron chi connectivity index (χ1n) is 5.26. The Hall–Kier alpha value is -0.870. The summed E-state index contributed by atoms with van der Waals surface area (Å²) in [4.78, 5) is 0. The largest absolute Gasteiger partial charge is 0.433 e. The van der Waals surface area contributed by atoms with Crippen molar-refractivity contribution >= 4 is 11.6 Å². The molecule has 2 nitrogen and oxygen atoms in total. The van der Waals surface area contributed by atoms with Crippen LogP contribution in [0.2, 0.25) is 5.02 Å². The number of hydrogen-bond donors (Lipinski definition) is 1. The maximum atomic E-state index is 12.0. The first kappa shape index (κ1) is 14.2. The van der Waals surface area contributed by atoms with Gasteiger partial charge in [-0.1, -0.05) is 17.7 Å². The second-order valence-electron chi connectivity index (χ2n) is 4.75. The molecular formula is C12H16ClF2NO. The Morgan fingerprint density at radius 1 is 1.35 bits per heavy atom. The molecule has 0 spiro atoms. The fourth-order valence-corrected chi connectivity index (χ4v) is 1.46. The van der Waals surface area contributed by atoms with Gasteiger partial charge >= 0.3 is 6.61 Å². The molecule has 0 radical (unpaired) electrons. The molecule has 0 saturated carbocycles. The summed E-state index contributed by atoms with van der Waals surface area (Å²) in [5.74, 6) is 0.00109. The molecule has 0 atom stereocenters. The first-order chi connectivity index (χ1) is 7.78. The highest BCUT2D eigenvalue weighted by Crippen LogP contribution is 2.27. The predicted octanol–water partition coefficient (Wildman–Crippen LogP) is 3.83. The summed E-state index contributed by atoms with van der Waals surface area (Å²) in [6.45, 7) is 3.90. The van der Waals surface area contributed by atoms with Crippen LogP contribution in [0.4, 0.5) is 8.78 Å². The van der Waals surface area contributed by atoms with Crippen molar-refractivity contribution in [3.8, 4) is 5.75 Å². The minimum Gasteiger partial charge on any atom is -0.433 e. The van der Waals surface area contributed by atoms with E-state index >= 15 is 0 Å². The smallest absolute Gasteiger partial charge is 0.387 e. The van der Waals surface area contributed by atoms with Gasteiger partial charge in [0.1, 0.15) is 5.75 Å². The van der Waals surface area contributed by atoms with Crippen molar-refractivity contribution in [3.05, 3.63) is 28.8 Å². The average Bonchev–Trinajstić information content (AvgIpc) is 2.17. The van der Waals surface area contributed by atoms with E-state index in [-0.39, 0.29) is 16.3 Å². The monoisotopic (exact) mass is 263 g/mol. The minimum absolute atomic E-state index is 0.00109. The van der Waals surface area contributed by atoms with E-state index in [1.165, 1.54) is 6.07 Å². The third-order valence-corrected chi connectivity index (χ3v) is 2.33. The molecule has 0 amide bonds. The van der Waals surface area contributed by atoms with Gasteiger partial charge in [0.2, 0.25) is 0 Å². The topological polar surface area (TPSA) is 21.3 Å². The van der Waals surface area contributed by atoms with Crippen molar-refractivity contribution in [2.24, 2.45) is 0 Å². The highest BCUT2D eigenvalue weighted by molar-refractivity contribution is 6.32. The van der Waals surface area contributed by atoms with E-state index in [1.54, 1.807) is 12.1 Å². The van der Waals surface area contributed by atoms with Gasteiger partial charge in [0.05, 0.1) is 5.02 Å². The number of hydrogen-bond acceptors (Lipinski definition) is 2. The van der Waals surface area contributed by atoms with Crippen LogP contribution in [0.1, 0.15) is 26.3 Å². The minimum atomic E-state index is -2.86. The molecule has 96 valence electrons. The van der Waals surface area contributed by atoms with Crippen LogP contribution in [0.3, 0.4) is 0 Å². The fourth-order valence-electron chi connectivity index (χ4n) is 1.21. The molecule has 0 heterocycles. The maximum absolute atomic E-state index is 12.0. The molecule has 0 aliphatic carbocycles. The molecule has 0 bridgehead atoms. The Morgan fingerprint density at radius 3 is 2.47 bits per heavy atom. The van der Waals surface area contributed by atoms with Crippen LogP contribution in [0, 0.1) is 0 Å². The van der Waals surface area contributed by atoms with E-state index in [0.717, 1.165) is 5.56 Å². The van der Waals surface area contributed by atoms with Crippen LogP contribution >= 0.6 is 11.6 Å². The van der Waals surface area contributed by atoms with Crippen molar-refractivity contribution in [1.29, 1.82) is 0 Å². The second kappa shape index (κ2) is 5.65. The zero-order chi connectivity index (χ0) is 13.1. The quantitative estimate of drug-likeness (QED) is 0.891. The van der Waals surface area contributed by atoms with Crippen molar-refractivity contribution in [3.63, 3.8) is 0 Å². The Labute approximate surface area is 105 Å². The molecule has 0 unspecified atom stereocenters. The molecule has 0 saturated heterocycles. The summed E-state index contributed by atoms with van der Waals surface area (Å²) in [7, 11) is 0. The zero-order valence-corrected chi connectivity index (χ0v) is 10.8. The number of benzene rings is 1. The normalized spacial score (nSPS) is 11.9. The molecule has 1 N–H and O–H groups in total.